The molecule has 7 nitrogen and oxygen atoms in total. The van der Waals surface area contributed by atoms with Crippen LogP contribution in [0, 0.1) is 6.92 Å². The summed E-state index contributed by atoms with van der Waals surface area (Å²) in [5.74, 6) is -0.0295. The Labute approximate surface area is 191 Å². The molecule has 0 aliphatic carbocycles. The van der Waals surface area contributed by atoms with Crippen LogP contribution in [0.15, 0.2) is 46.6 Å². The molecule has 4 rings (SSSR count). The summed E-state index contributed by atoms with van der Waals surface area (Å²) >= 11 is 1.60. The zero-order valence-corrected chi connectivity index (χ0v) is 19.4. The van der Waals surface area contributed by atoms with Crippen molar-refractivity contribution in [3.05, 3.63) is 59.1 Å². The van der Waals surface area contributed by atoms with Gasteiger partial charge in [-0.15, -0.1) is 11.3 Å². The smallest absolute Gasteiger partial charge is 0.243 e. The average molecular weight is 453 g/mol. The number of likely N-dealkylation sites (tertiary alicyclic amines) is 1. The molecule has 8 heteroatoms. The van der Waals surface area contributed by atoms with Crippen LogP contribution in [-0.2, 0) is 9.59 Å². The SMILES string of the molecule is CC[C@@H](C(=O)N1CCC[C@H]1C(=O)N[C@@H](C)c1ccc(-c2cncs2)cc1)c1cc(C)no1. The number of aromatic nitrogens is 2. The van der Waals surface area contributed by atoms with Gasteiger partial charge in [-0.25, -0.2) is 0 Å². The third-order valence-corrected chi connectivity index (χ3v) is 6.84. The molecule has 0 radical (unpaired) electrons. The van der Waals surface area contributed by atoms with Gasteiger partial charge in [0, 0.05) is 18.8 Å². The van der Waals surface area contributed by atoms with Crippen LogP contribution in [0.1, 0.15) is 62.1 Å². The van der Waals surface area contributed by atoms with Gasteiger partial charge in [-0.1, -0.05) is 36.3 Å². The van der Waals surface area contributed by atoms with E-state index < -0.39 is 12.0 Å². The molecule has 1 aliphatic heterocycles. The van der Waals surface area contributed by atoms with E-state index in [4.69, 9.17) is 4.52 Å². The number of nitrogens with one attached hydrogen (secondary N) is 1. The number of amides is 2. The van der Waals surface area contributed by atoms with Crippen molar-refractivity contribution in [3.63, 3.8) is 0 Å². The van der Waals surface area contributed by atoms with E-state index in [1.165, 1.54) is 0 Å². The third kappa shape index (κ3) is 4.60. The van der Waals surface area contributed by atoms with Gasteiger partial charge < -0.3 is 14.7 Å². The topological polar surface area (TPSA) is 88.3 Å². The van der Waals surface area contributed by atoms with E-state index in [-0.39, 0.29) is 17.9 Å². The van der Waals surface area contributed by atoms with Crippen LogP contribution in [0.25, 0.3) is 10.4 Å². The molecular weight excluding hydrogens is 424 g/mol. The fourth-order valence-corrected chi connectivity index (χ4v) is 4.86. The standard InChI is InChI=1S/C24H28N4O3S/c1-4-19(21-12-15(2)27-31-21)24(30)28-11-5-6-20(28)23(29)26-16(3)17-7-9-18(10-8-17)22-13-25-14-32-22/h7-10,12-14,16,19-20H,4-6,11H2,1-3H3,(H,26,29)/t16-,19+,20-/m0/s1. The van der Waals surface area contributed by atoms with Crippen molar-refractivity contribution >= 4 is 23.2 Å². The highest BCUT2D eigenvalue weighted by Gasteiger charge is 2.38. The molecule has 1 aromatic carbocycles. The first-order valence-corrected chi connectivity index (χ1v) is 11.9. The van der Waals surface area contributed by atoms with Gasteiger partial charge >= 0.3 is 0 Å². The highest BCUT2D eigenvalue weighted by molar-refractivity contribution is 7.13. The molecule has 1 saturated heterocycles. The van der Waals surface area contributed by atoms with Crippen molar-refractivity contribution < 1.29 is 14.1 Å². The number of nitrogens with zero attached hydrogens (tertiary/aromatic N) is 3. The number of thiazole rings is 1. The minimum Gasteiger partial charge on any atom is -0.360 e. The first-order valence-electron chi connectivity index (χ1n) is 11.0. The molecule has 0 bridgehead atoms. The summed E-state index contributed by atoms with van der Waals surface area (Å²) < 4.78 is 5.35. The molecule has 0 saturated carbocycles. The molecule has 2 amide bonds. The van der Waals surface area contributed by atoms with Gasteiger partial charge in [0.15, 0.2) is 0 Å². The first kappa shape index (κ1) is 22.2. The van der Waals surface area contributed by atoms with Gasteiger partial charge in [-0.3, -0.25) is 14.6 Å². The molecule has 0 unspecified atom stereocenters. The fourth-order valence-electron chi connectivity index (χ4n) is 4.24. The van der Waals surface area contributed by atoms with Gasteiger partial charge in [0.05, 0.1) is 28.0 Å². The van der Waals surface area contributed by atoms with Gasteiger partial charge in [-0.05, 0) is 44.2 Å². The van der Waals surface area contributed by atoms with E-state index in [0.29, 0.717) is 25.1 Å². The lowest BCUT2D eigenvalue weighted by atomic mass is 10.0. The van der Waals surface area contributed by atoms with Crippen LogP contribution in [0.2, 0.25) is 0 Å². The molecule has 1 aliphatic rings. The van der Waals surface area contributed by atoms with Gasteiger partial charge in [-0.2, -0.15) is 0 Å². The van der Waals surface area contributed by atoms with E-state index in [1.807, 2.05) is 56.7 Å². The molecule has 0 spiro atoms. The number of hydrogen-bond acceptors (Lipinski definition) is 6. The van der Waals surface area contributed by atoms with Crippen molar-refractivity contribution in [3.8, 4) is 10.4 Å². The summed E-state index contributed by atoms with van der Waals surface area (Å²) in [6.45, 7) is 6.33. The maximum atomic E-state index is 13.3. The summed E-state index contributed by atoms with van der Waals surface area (Å²) in [4.78, 5) is 33.3. The molecular formula is C24H28N4O3S. The summed E-state index contributed by atoms with van der Waals surface area (Å²) in [5, 5.41) is 7.02. The lowest BCUT2D eigenvalue weighted by Gasteiger charge is -2.28. The third-order valence-electron chi connectivity index (χ3n) is 6.02. The Bertz CT molecular complexity index is 1060. The monoisotopic (exact) mass is 452 g/mol. The predicted octanol–water partition coefficient (Wildman–Crippen LogP) is 4.47. The molecule has 2 aromatic heterocycles. The Morgan fingerprint density at radius 1 is 1.31 bits per heavy atom. The summed E-state index contributed by atoms with van der Waals surface area (Å²) in [6, 6.07) is 9.32. The second-order valence-electron chi connectivity index (χ2n) is 8.24. The number of aryl methyl sites for hydroxylation is 1. The van der Waals surface area contributed by atoms with Gasteiger partial charge in [0.2, 0.25) is 11.8 Å². The van der Waals surface area contributed by atoms with Crippen LogP contribution in [-0.4, -0.2) is 39.4 Å². The lowest BCUT2D eigenvalue weighted by Crippen LogP contribution is -2.47. The summed E-state index contributed by atoms with van der Waals surface area (Å²) in [7, 11) is 0. The molecule has 3 aromatic rings. The molecule has 1 fully saturated rings. The highest BCUT2D eigenvalue weighted by atomic mass is 32.1. The summed E-state index contributed by atoms with van der Waals surface area (Å²) in [6.07, 6.45) is 3.93. The van der Waals surface area contributed by atoms with E-state index in [2.05, 4.69) is 15.5 Å². The Balaban J connectivity index is 1.42. The second kappa shape index (κ2) is 9.65. The Hall–Kier alpha value is -3.00. The molecule has 3 heterocycles. The number of carbonyl (C=O) groups excluding carboxylic acids is 2. The van der Waals surface area contributed by atoms with Gasteiger partial charge in [0.1, 0.15) is 11.8 Å². The second-order valence-corrected chi connectivity index (χ2v) is 9.13. The highest BCUT2D eigenvalue weighted by Crippen LogP contribution is 2.29. The largest absolute Gasteiger partial charge is 0.360 e. The van der Waals surface area contributed by atoms with Crippen LogP contribution < -0.4 is 5.32 Å². The van der Waals surface area contributed by atoms with Crippen LogP contribution >= 0.6 is 11.3 Å². The number of carbonyl (C=O) groups is 2. The first-order chi connectivity index (χ1) is 15.5. The van der Waals surface area contributed by atoms with Crippen molar-refractivity contribution in [2.75, 3.05) is 6.54 Å². The van der Waals surface area contributed by atoms with E-state index in [1.54, 1.807) is 22.3 Å². The van der Waals surface area contributed by atoms with E-state index in [0.717, 1.165) is 28.1 Å². The Morgan fingerprint density at radius 2 is 2.09 bits per heavy atom. The van der Waals surface area contributed by atoms with Crippen molar-refractivity contribution in [1.29, 1.82) is 0 Å². The predicted molar refractivity (Wildman–Crippen MR) is 123 cm³/mol. The number of benzene rings is 1. The number of rotatable bonds is 7. The van der Waals surface area contributed by atoms with Crippen molar-refractivity contribution in [2.45, 2.75) is 58.0 Å². The van der Waals surface area contributed by atoms with E-state index >= 15 is 0 Å². The molecule has 32 heavy (non-hydrogen) atoms. The number of hydrogen-bond donors (Lipinski definition) is 1. The lowest BCUT2D eigenvalue weighted by molar-refractivity contribution is -0.140. The minimum atomic E-state index is -0.459. The Kier molecular flexibility index (Phi) is 6.69. The molecule has 1 N–H and O–H groups in total. The minimum absolute atomic E-state index is 0.0668. The maximum Gasteiger partial charge on any atom is 0.243 e. The van der Waals surface area contributed by atoms with Crippen LogP contribution in [0.5, 0.6) is 0 Å². The average Bonchev–Trinajstić information content (AvgIpc) is 3.56. The fraction of sp³-hybridized carbons (Fsp3) is 0.417. The van der Waals surface area contributed by atoms with Crippen molar-refractivity contribution in [2.24, 2.45) is 0 Å². The summed E-state index contributed by atoms with van der Waals surface area (Å²) in [5.41, 5.74) is 4.69. The zero-order chi connectivity index (χ0) is 22.7. The van der Waals surface area contributed by atoms with Crippen LogP contribution in [0.4, 0.5) is 0 Å². The quantitative estimate of drug-likeness (QED) is 0.571. The Morgan fingerprint density at radius 3 is 2.72 bits per heavy atom. The zero-order valence-electron chi connectivity index (χ0n) is 18.6. The molecule has 3 atom stereocenters. The molecule has 168 valence electrons. The normalized spacial score (nSPS) is 17.8. The van der Waals surface area contributed by atoms with Gasteiger partial charge in [0.25, 0.3) is 0 Å². The van der Waals surface area contributed by atoms with E-state index in [9.17, 15) is 9.59 Å². The maximum absolute atomic E-state index is 13.3. The van der Waals surface area contributed by atoms with Crippen LogP contribution in [0.3, 0.4) is 0 Å². The van der Waals surface area contributed by atoms with Crippen molar-refractivity contribution in [1.82, 2.24) is 20.4 Å².